The summed E-state index contributed by atoms with van der Waals surface area (Å²) < 4.78 is 27.0. The van der Waals surface area contributed by atoms with Crippen molar-refractivity contribution < 1.29 is 8.42 Å². The normalized spacial score (nSPS) is 18.8. The molecule has 3 aliphatic heterocycles. The molecule has 0 N–H and O–H groups in total. The number of anilines is 1. The second-order valence-corrected chi connectivity index (χ2v) is 12.8. The maximum atomic E-state index is 11.8. The summed E-state index contributed by atoms with van der Waals surface area (Å²) in [4.78, 5) is 14.7. The monoisotopic (exact) mass is 565 g/mol. The number of nitriles is 1. The van der Waals surface area contributed by atoms with Gasteiger partial charge in [0.1, 0.15) is 11.9 Å². The van der Waals surface area contributed by atoms with Crippen LogP contribution in [0.5, 0.6) is 0 Å². The first-order chi connectivity index (χ1) is 19.8. The van der Waals surface area contributed by atoms with Crippen LogP contribution in [0.15, 0.2) is 72.4 Å². The van der Waals surface area contributed by atoms with Crippen molar-refractivity contribution in [3.05, 3.63) is 78.6 Å². The molecule has 5 aromatic rings. The van der Waals surface area contributed by atoms with E-state index in [1.807, 2.05) is 43.8 Å². The molecule has 3 aliphatic rings. The Hall–Kier alpha value is -4.60. The Morgan fingerprint density at radius 2 is 1.76 bits per heavy atom. The van der Waals surface area contributed by atoms with Crippen molar-refractivity contribution in [3.8, 4) is 28.5 Å². The van der Waals surface area contributed by atoms with Gasteiger partial charge in [-0.2, -0.15) is 15.5 Å². The van der Waals surface area contributed by atoms with Crippen molar-refractivity contribution in [2.24, 2.45) is 7.05 Å². The lowest BCUT2D eigenvalue weighted by atomic mass is 9.87. The molecule has 3 fully saturated rings. The summed E-state index contributed by atoms with van der Waals surface area (Å²) >= 11 is 0. The Bertz CT molecular complexity index is 1910. The van der Waals surface area contributed by atoms with Crippen LogP contribution in [0.3, 0.4) is 0 Å². The number of piperazine rings is 1. The van der Waals surface area contributed by atoms with Crippen LogP contribution in [0.1, 0.15) is 17.5 Å². The first kappa shape index (κ1) is 25.4. The minimum absolute atomic E-state index is 0.347. The first-order valence-corrected chi connectivity index (χ1v) is 15.2. The molecule has 12 heteroatoms. The summed E-state index contributed by atoms with van der Waals surface area (Å²) in [6.07, 6.45) is 13.1. The highest BCUT2D eigenvalue weighted by molar-refractivity contribution is 7.90. The second-order valence-electron chi connectivity index (χ2n) is 10.8. The third-order valence-electron chi connectivity index (χ3n) is 8.07. The largest absolute Gasteiger partial charge is 0.352 e. The van der Waals surface area contributed by atoms with Gasteiger partial charge in [-0.25, -0.2) is 17.9 Å². The molecule has 0 spiro atoms. The molecule has 0 aliphatic carbocycles. The van der Waals surface area contributed by atoms with E-state index < -0.39 is 9.84 Å². The molecule has 2 bridgehead atoms. The lowest BCUT2D eigenvalue weighted by molar-refractivity contribution is -0.00871. The molecule has 8 rings (SSSR count). The molecule has 1 aromatic carbocycles. The SMILES string of the molecule is Cn1cc(-c2cc(-c3cnc(N4CC5CC(C4)N5Cc4ccc(S(C)(=O)=O)cc4)cn3)c3c(C#N)cnn3c2)cn1. The van der Waals surface area contributed by atoms with Gasteiger partial charge < -0.3 is 4.90 Å². The Labute approximate surface area is 237 Å². The van der Waals surface area contributed by atoms with E-state index >= 15 is 0 Å². The third-order valence-corrected chi connectivity index (χ3v) is 9.20. The van der Waals surface area contributed by atoms with Gasteiger partial charge >= 0.3 is 0 Å². The first-order valence-electron chi connectivity index (χ1n) is 13.3. The van der Waals surface area contributed by atoms with Crippen LogP contribution in [-0.2, 0) is 23.4 Å². The van der Waals surface area contributed by atoms with Crippen LogP contribution in [0.2, 0.25) is 0 Å². The fraction of sp³-hybridized carbons (Fsp3) is 0.276. The average molecular weight is 566 g/mol. The molecule has 0 saturated carbocycles. The van der Waals surface area contributed by atoms with Crippen molar-refractivity contribution >= 4 is 21.2 Å². The Balaban J connectivity index is 1.10. The second kappa shape index (κ2) is 9.50. The molecule has 41 heavy (non-hydrogen) atoms. The number of hydrogen-bond acceptors (Lipinski definition) is 9. The number of rotatable bonds is 6. The zero-order valence-electron chi connectivity index (χ0n) is 22.6. The fourth-order valence-corrected chi connectivity index (χ4v) is 6.57. The highest BCUT2D eigenvalue weighted by atomic mass is 32.2. The molecule has 0 radical (unpaired) electrons. The zero-order chi connectivity index (χ0) is 28.3. The standard InChI is InChI=1S/C29H27N9O2S/c1-35-15-22(11-33-35)20-7-26(29-21(9-30)10-34-38(29)16-20)27-12-32-28(13-31-27)36-17-23-8-24(18-36)37(23)14-19-3-5-25(6-4-19)41(2,39)40/h3-7,10-13,15-16,23-24H,8,14,17-18H2,1-2H3. The van der Waals surface area contributed by atoms with Gasteiger partial charge in [-0.3, -0.25) is 14.6 Å². The van der Waals surface area contributed by atoms with Crippen LogP contribution in [0, 0.1) is 11.3 Å². The average Bonchev–Trinajstić information content (AvgIpc) is 3.61. The van der Waals surface area contributed by atoms with E-state index in [1.165, 1.54) is 6.26 Å². The van der Waals surface area contributed by atoms with Crippen molar-refractivity contribution in [1.29, 1.82) is 5.26 Å². The molecule has 11 nitrogen and oxygen atoms in total. The van der Waals surface area contributed by atoms with Gasteiger partial charge in [-0.1, -0.05) is 12.1 Å². The van der Waals surface area contributed by atoms with Gasteiger partial charge in [0.25, 0.3) is 0 Å². The van der Waals surface area contributed by atoms with Crippen molar-refractivity contribution in [3.63, 3.8) is 0 Å². The van der Waals surface area contributed by atoms with Gasteiger partial charge in [-0.15, -0.1) is 0 Å². The summed E-state index contributed by atoms with van der Waals surface area (Å²) in [6.45, 7) is 2.51. The Kier molecular flexibility index (Phi) is 5.88. The molecule has 7 heterocycles. The van der Waals surface area contributed by atoms with Gasteiger partial charge in [-0.05, 0) is 30.2 Å². The van der Waals surface area contributed by atoms with Gasteiger partial charge in [0, 0.05) is 74.1 Å². The lowest BCUT2D eigenvalue weighted by Gasteiger charge is -2.56. The van der Waals surface area contributed by atoms with Crippen molar-refractivity contribution in [1.82, 2.24) is 34.3 Å². The van der Waals surface area contributed by atoms with Crippen molar-refractivity contribution in [2.75, 3.05) is 24.2 Å². The van der Waals surface area contributed by atoms with E-state index in [0.29, 0.717) is 33.8 Å². The minimum atomic E-state index is -3.19. The van der Waals surface area contributed by atoms with Crippen LogP contribution in [-0.4, -0.2) is 74.1 Å². The predicted molar refractivity (Wildman–Crippen MR) is 153 cm³/mol. The number of hydrogen-bond donors (Lipinski definition) is 0. The van der Waals surface area contributed by atoms with Crippen molar-refractivity contribution in [2.45, 2.75) is 29.9 Å². The van der Waals surface area contributed by atoms with Gasteiger partial charge in [0.15, 0.2) is 9.84 Å². The molecular weight excluding hydrogens is 538 g/mol. The summed E-state index contributed by atoms with van der Waals surface area (Å²) in [6, 6.07) is 12.3. The predicted octanol–water partition coefficient (Wildman–Crippen LogP) is 2.93. The summed E-state index contributed by atoms with van der Waals surface area (Å²) in [5.74, 6) is 0.828. The lowest BCUT2D eigenvalue weighted by Crippen LogP contribution is -2.68. The zero-order valence-corrected chi connectivity index (χ0v) is 23.4. The van der Waals surface area contributed by atoms with E-state index in [0.717, 1.165) is 54.1 Å². The fourth-order valence-electron chi connectivity index (χ4n) is 5.94. The van der Waals surface area contributed by atoms with Crippen LogP contribution >= 0.6 is 0 Å². The van der Waals surface area contributed by atoms with E-state index in [-0.39, 0.29) is 0 Å². The van der Waals surface area contributed by atoms with E-state index in [9.17, 15) is 13.7 Å². The van der Waals surface area contributed by atoms with E-state index in [4.69, 9.17) is 9.97 Å². The minimum Gasteiger partial charge on any atom is -0.352 e. The molecular formula is C29H27N9O2S. The molecule has 2 atom stereocenters. The Morgan fingerprint density at radius 3 is 2.39 bits per heavy atom. The quantitative estimate of drug-likeness (QED) is 0.305. The smallest absolute Gasteiger partial charge is 0.175 e. The number of aryl methyl sites for hydroxylation is 1. The topological polar surface area (TPSA) is 125 Å². The molecule has 206 valence electrons. The van der Waals surface area contributed by atoms with Gasteiger partial charge in [0.05, 0.1) is 46.5 Å². The summed E-state index contributed by atoms with van der Waals surface area (Å²) in [5, 5.41) is 18.4. The van der Waals surface area contributed by atoms with Crippen LogP contribution < -0.4 is 4.90 Å². The van der Waals surface area contributed by atoms with E-state index in [1.54, 1.807) is 39.9 Å². The maximum Gasteiger partial charge on any atom is 0.175 e. The number of fused-ring (bicyclic) bond motifs is 3. The highest BCUT2D eigenvalue weighted by Gasteiger charge is 2.44. The molecule has 3 saturated heterocycles. The number of piperidine rings is 1. The Morgan fingerprint density at radius 1 is 0.976 bits per heavy atom. The number of aromatic nitrogens is 6. The molecule has 4 aromatic heterocycles. The van der Waals surface area contributed by atoms with E-state index in [2.05, 4.69) is 26.1 Å². The van der Waals surface area contributed by atoms with Gasteiger partial charge in [0.2, 0.25) is 0 Å². The van der Waals surface area contributed by atoms with Crippen LogP contribution in [0.4, 0.5) is 5.82 Å². The summed E-state index contributed by atoms with van der Waals surface area (Å²) in [5.41, 5.74) is 5.60. The number of benzene rings is 1. The number of sulfone groups is 1. The summed E-state index contributed by atoms with van der Waals surface area (Å²) in [7, 11) is -1.32. The number of pyridine rings is 1. The molecule has 2 unspecified atom stereocenters. The van der Waals surface area contributed by atoms with Crippen LogP contribution in [0.25, 0.3) is 27.9 Å². The maximum absolute atomic E-state index is 11.8. The highest BCUT2D eigenvalue weighted by Crippen LogP contribution is 2.36. The number of nitrogens with zero attached hydrogens (tertiary/aromatic N) is 9. The molecule has 0 amide bonds. The third kappa shape index (κ3) is 4.53.